The fourth-order valence-electron chi connectivity index (χ4n) is 1.94. The maximum atomic E-state index is 5.23. The van der Waals surface area contributed by atoms with Gasteiger partial charge in [0.1, 0.15) is 5.69 Å². The third kappa shape index (κ3) is 2.47. The summed E-state index contributed by atoms with van der Waals surface area (Å²) in [5, 5.41) is 7.48. The molecule has 20 heavy (non-hydrogen) atoms. The minimum atomic E-state index is 0.535. The number of nitrogens with zero attached hydrogens (tertiary/aromatic N) is 4. The van der Waals surface area contributed by atoms with Crippen LogP contribution in [-0.2, 0) is 14.1 Å². The van der Waals surface area contributed by atoms with E-state index in [4.69, 9.17) is 9.47 Å². The molecule has 7 heteroatoms. The first-order valence-corrected chi connectivity index (χ1v) is 6.17. The number of methoxy groups -OCH3 is 2. The van der Waals surface area contributed by atoms with Crippen LogP contribution >= 0.6 is 0 Å². The summed E-state index contributed by atoms with van der Waals surface area (Å²) in [6.07, 6.45) is 5.47. The quantitative estimate of drug-likeness (QED) is 0.900. The van der Waals surface area contributed by atoms with E-state index in [1.165, 1.54) is 0 Å². The zero-order chi connectivity index (χ0) is 14.7. The van der Waals surface area contributed by atoms with Crippen molar-refractivity contribution in [2.75, 3.05) is 19.5 Å². The lowest BCUT2D eigenvalue weighted by Gasteiger charge is -2.10. The molecule has 2 heterocycles. The Morgan fingerprint density at radius 2 is 2.05 bits per heavy atom. The highest BCUT2D eigenvalue weighted by Gasteiger charge is 2.14. The molecule has 0 aliphatic carbocycles. The monoisotopic (exact) mass is 277 g/mol. The number of aryl methyl sites for hydroxylation is 1. The SMILES string of the molecule is C/C=C(/Nc1cn(C)nc1OC)c1ncc(OC)n1C. The molecule has 2 rings (SSSR count). The normalized spacial score (nSPS) is 11.6. The van der Waals surface area contributed by atoms with E-state index in [1.54, 1.807) is 25.1 Å². The third-order valence-electron chi connectivity index (χ3n) is 2.94. The van der Waals surface area contributed by atoms with Crippen LogP contribution in [0.5, 0.6) is 11.8 Å². The second-order valence-electron chi connectivity index (χ2n) is 4.24. The number of aromatic nitrogens is 4. The molecule has 0 aromatic carbocycles. The number of nitrogens with one attached hydrogen (secondary N) is 1. The molecule has 2 aromatic heterocycles. The van der Waals surface area contributed by atoms with Gasteiger partial charge in [-0.1, -0.05) is 6.08 Å². The Hall–Kier alpha value is -2.44. The molecule has 0 unspecified atom stereocenters. The van der Waals surface area contributed by atoms with Gasteiger partial charge >= 0.3 is 0 Å². The molecule has 0 aliphatic heterocycles. The van der Waals surface area contributed by atoms with Crippen LogP contribution in [0.2, 0.25) is 0 Å². The average Bonchev–Trinajstić information content (AvgIpc) is 2.98. The van der Waals surface area contributed by atoms with E-state index in [1.807, 2.05) is 37.9 Å². The van der Waals surface area contributed by atoms with Crippen molar-refractivity contribution in [3.8, 4) is 11.8 Å². The Kier molecular flexibility index (Phi) is 3.97. The van der Waals surface area contributed by atoms with Crippen LogP contribution < -0.4 is 14.8 Å². The second-order valence-corrected chi connectivity index (χ2v) is 4.24. The number of rotatable bonds is 5. The van der Waals surface area contributed by atoms with E-state index in [9.17, 15) is 0 Å². The van der Waals surface area contributed by atoms with E-state index >= 15 is 0 Å². The average molecular weight is 277 g/mol. The molecular formula is C13H19N5O2. The lowest BCUT2D eigenvalue weighted by Crippen LogP contribution is -2.06. The minimum Gasteiger partial charge on any atom is -0.481 e. The molecule has 0 fully saturated rings. The van der Waals surface area contributed by atoms with Crippen LogP contribution in [0, 0.1) is 0 Å². The van der Waals surface area contributed by atoms with Gasteiger partial charge in [-0.15, -0.1) is 5.10 Å². The second kappa shape index (κ2) is 5.68. The smallest absolute Gasteiger partial charge is 0.256 e. The predicted molar refractivity (Wildman–Crippen MR) is 76.8 cm³/mol. The molecular weight excluding hydrogens is 258 g/mol. The largest absolute Gasteiger partial charge is 0.481 e. The topological polar surface area (TPSA) is 66.1 Å². The number of hydrogen-bond donors (Lipinski definition) is 1. The Balaban J connectivity index is 2.31. The van der Waals surface area contributed by atoms with Gasteiger partial charge in [-0.3, -0.25) is 9.25 Å². The van der Waals surface area contributed by atoms with E-state index in [0.29, 0.717) is 11.8 Å². The number of allylic oxidation sites excluding steroid dienone is 1. The zero-order valence-corrected chi connectivity index (χ0v) is 12.3. The van der Waals surface area contributed by atoms with Crippen molar-refractivity contribution >= 4 is 11.4 Å². The molecule has 0 atom stereocenters. The highest BCUT2D eigenvalue weighted by atomic mass is 16.5. The molecule has 0 aliphatic rings. The van der Waals surface area contributed by atoms with Crippen molar-refractivity contribution in [2.24, 2.45) is 14.1 Å². The van der Waals surface area contributed by atoms with Crippen molar-refractivity contribution < 1.29 is 9.47 Å². The fourth-order valence-corrected chi connectivity index (χ4v) is 1.94. The molecule has 0 saturated heterocycles. The fraction of sp³-hybridized carbons (Fsp3) is 0.385. The number of anilines is 1. The van der Waals surface area contributed by atoms with Crippen LogP contribution in [0.4, 0.5) is 5.69 Å². The van der Waals surface area contributed by atoms with Gasteiger partial charge in [-0.05, 0) is 6.92 Å². The van der Waals surface area contributed by atoms with Gasteiger partial charge < -0.3 is 14.8 Å². The van der Waals surface area contributed by atoms with E-state index in [2.05, 4.69) is 15.4 Å². The maximum Gasteiger partial charge on any atom is 0.256 e. The summed E-state index contributed by atoms with van der Waals surface area (Å²) in [5.41, 5.74) is 1.63. The molecule has 7 nitrogen and oxygen atoms in total. The lowest BCUT2D eigenvalue weighted by atomic mass is 10.3. The summed E-state index contributed by atoms with van der Waals surface area (Å²) in [4.78, 5) is 4.36. The highest BCUT2D eigenvalue weighted by molar-refractivity contribution is 5.75. The van der Waals surface area contributed by atoms with Gasteiger partial charge in [0, 0.05) is 14.1 Å². The first-order chi connectivity index (χ1) is 9.60. The Bertz CT molecular complexity index is 627. The number of ether oxygens (including phenoxy) is 2. The number of imidazole rings is 1. The van der Waals surface area contributed by atoms with Gasteiger partial charge in [0.25, 0.3) is 5.88 Å². The van der Waals surface area contributed by atoms with Crippen LogP contribution in [-0.4, -0.2) is 33.6 Å². The van der Waals surface area contributed by atoms with Crippen molar-refractivity contribution in [1.82, 2.24) is 19.3 Å². The van der Waals surface area contributed by atoms with Crippen molar-refractivity contribution in [2.45, 2.75) is 6.92 Å². The molecule has 0 spiro atoms. The lowest BCUT2D eigenvalue weighted by molar-refractivity contribution is 0.381. The standard InChI is InChI=1S/C13H19N5O2/c1-6-9(12-14-7-11(19-4)18(12)3)15-10-8-17(2)16-13(10)20-5/h6-8,15H,1-5H3/b9-6+. The van der Waals surface area contributed by atoms with Gasteiger partial charge in [0.05, 0.1) is 32.3 Å². The summed E-state index contributed by atoms with van der Waals surface area (Å²) in [5.74, 6) is 2.00. The number of hydrogen-bond acceptors (Lipinski definition) is 5. The molecule has 2 aromatic rings. The van der Waals surface area contributed by atoms with Crippen molar-refractivity contribution in [3.05, 3.63) is 24.3 Å². The van der Waals surface area contributed by atoms with Gasteiger partial charge in [0.2, 0.25) is 5.88 Å². The first-order valence-electron chi connectivity index (χ1n) is 6.17. The minimum absolute atomic E-state index is 0.535. The van der Waals surface area contributed by atoms with Crippen LogP contribution in [0.3, 0.4) is 0 Å². The van der Waals surface area contributed by atoms with Crippen LogP contribution in [0.15, 0.2) is 18.5 Å². The Morgan fingerprint density at radius 3 is 2.60 bits per heavy atom. The van der Waals surface area contributed by atoms with Crippen molar-refractivity contribution in [3.63, 3.8) is 0 Å². The molecule has 0 radical (unpaired) electrons. The van der Waals surface area contributed by atoms with E-state index < -0.39 is 0 Å². The van der Waals surface area contributed by atoms with Crippen molar-refractivity contribution in [1.29, 1.82) is 0 Å². The molecule has 0 bridgehead atoms. The zero-order valence-electron chi connectivity index (χ0n) is 12.3. The van der Waals surface area contributed by atoms with E-state index in [0.717, 1.165) is 17.2 Å². The van der Waals surface area contributed by atoms with Crippen LogP contribution in [0.25, 0.3) is 5.70 Å². The Labute approximate surface area is 117 Å². The molecule has 0 amide bonds. The summed E-state index contributed by atoms with van der Waals surface area (Å²) in [6, 6.07) is 0. The summed E-state index contributed by atoms with van der Waals surface area (Å²) in [7, 11) is 6.94. The van der Waals surface area contributed by atoms with Gasteiger partial charge in [0.15, 0.2) is 5.82 Å². The maximum absolute atomic E-state index is 5.23. The molecule has 0 saturated carbocycles. The third-order valence-corrected chi connectivity index (χ3v) is 2.94. The summed E-state index contributed by atoms with van der Waals surface area (Å²) >= 11 is 0. The highest BCUT2D eigenvalue weighted by Crippen LogP contribution is 2.26. The first kappa shape index (κ1) is 14.0. The Morgan fingerprint density at radius 1 is 1.30 bits per heavy atom. The van der Waals surface area contributed by atoms with E-state index in [-0.39, 0.29) is 0 Å². The predicted octanol–water partition coefficient (Wildman–Crippen LogP) is 1.64. The van der Waals surface area contributed by atoms with Gasteiger partial charge in [-0.2, -0.15) is 0 Å². The molecule has 108 valence electrons. The summed E-state index contributed by atoms with van der Waals surface area (Å²) < 4.78 is 14.0. The summed E-state index contributed by atoms with van der Waals surface area (Å²) in [6.45, 7) is 1.94. The van der Waals surface area contributed by atoms with Gasteiger partial charge in [-0.25, -0.2) is 4.98 Å². The molecule has 1 N–H and O–H groups in total. The van der Waals surface area contributed by atoms with Crippen LogP contribution in [0.1, 0.15) is 12.7 Å².